The van der Waals surface area contributed by atoms with E-state index in [-0.39, 0.29) is 17.4 Å². The highest BCUT2D eigenvalue weighted by molar-refractivity contribution is 5.90. The molecule has 0 saturated heterocycles. The standard InChI is InChI=1S/C20H18F3N5O2/c1-12(29)25-15-4-2-14(3-5-15)18-26-17(13-6-8-30-9-7-13)16-10-24-28(19(16)27-18)11-20(21,22)23/h2-6,10H,7-9,11H2,1H3,(H,25,29). The minimum Gasteiger partial charge on any atom is -0.377 e. The summed E-state index contributed by atoms with van der Waals surface area (Å²) in [6.07, 6.45) is -0.591. The molecule has 1 aliphatic rings. The Balaban J connectivity index is 1.83. The van der Waals surface area contributed by atoms with Gasteiger partial charge in [0, 0.05) is 18.2 Å². The van der Waals surface area contributed by atoms with Gasteiger partial charge in [-0.3, -0.25) is 4.79 Å². The lowest BCUT2D eigenvalue weighted by Crippen LogP contribution is -2.19. The summed E-state index contributed by atoms with van der Waals surface area (Å²) in [6, 6.07) is 6.79. The van der Waals surface area contributed by atoms with Crippen LogP contribution in [0.1, 0.15) is 19.0 Å². The van der Waals surface area contributed by atoms with Crippen LogP contribution in [-0.2, 0) is 16.1 Å². The van der Waals surface area contributed by atoms with E-state index in [2.05, 4.69) is 20.4 Å². The predicted molar refractivity (Wildman–Crippen MR) is 105 cm³/mol. The molecule has 0 fully saturated rings. The Morgan fingerprint density at radius 2 is 2.00 bits per heavy atom. The molecule has 10 heteroatoms. The lowest BCUT2D eigenvalue weighted by Gasteiger charge is -2.15. The van der Waals surface area contributed by atoms with Crippen LogP contribution >= 0.6 is 0 Å². The highest BCUT2D eigenvalue weighted by Gasteiger charge is 2.30. The number of rotatable bonds is 4. The molecule has 7 nitrogen and oxygen atoms in total. The number of carbonyl (C=O) groups is 1. The molecule has 0 saturated carbocycles. The van der Waals surface area contributed by atoms with Crippen LogP contribution in [0.25, 0.3) is 28.0 Å². The van der Waals surface area contributed by atoms with Crippen molar-refractivity contribution in [3.05, 3.63) is 42.2 Å². The first-order chi connectivity index (χ1) is 14.3. The monoisotopic (exact) mass is 417 g/mol. The van der Waals surface area contributed by atoms with Gasteiger partial charge in [-0.1, -0.05) is 6.08 Å². The van der Waals surface area contributed by atoms with Gasteiger partial charge < -0.3 is 10.1 Å². The molecule has 3 heterocycles. The summed E-state index contributed by atoms with van der Waals surface area (Å²) in [5, 5.41) is 7.03. The van der Waals surface area contributed by atoms with Crippen molar-refractivity contribution in [2.45, 2.75) is 26.1 Å². The van der Waals surface area contributed by atoms with E-state index in [1.165, 1.54) is 13.1 Å². The molecule has 0 unspecified atom stereocenters. The van der Waals surface area contributed by atoms with Gasteiger partial charge in [0.05, 0.1) is 30.5 Å². The summed E-state index contributed by atoms with van der Waals surface area (Å²) in [5.74, 6) is 0.0772. The van der Waals surface area contributed by atoms with Crippen molar-refractivity contribution in [3.63, 3.8) is 0 Å². The normalized spacial score (nSPS) is 14.6. The Hall–Kier alpha value is -3.27. The summed E-state index contributed by atoms with van der Waals surface area (Å²) in [4.78, 5) is 20.2. The zero-order valence-corrected chi connectivity index (χ0v) is 16.0. The van der Waals surface area contributed by atoms with E-state index in [0.29, 0.717) is 42.0 Å². The number of alkyl halides is 3. The summed E-state index contributed by atoms with van der Waals surface area (Å²) in [7, 11) is 0. The number of anilines is 1. The van der Waals surface area contributed by atoms with E-state index in [4.69, 9.17) is 4.74 Å². The first-order valence-corrected chi connectivity index (χ1v) is 9.25. The number of nitrogens with zero attached hydrogens (tertiary/aromatic N) is 4. The molecule has 0 atom stereocenters. The first kappa shape index (κ1) is 20.0. The van der Waals surface area contributed by atoms with E-state index in [9.17, 15) is 18.0 Å². The van der Waals surface area contributed by atoms with Gasteiger partial charge in [0.25, 0.3) is 0 Å². The zero-order valence-electron chi connectivity index (χ0n) is 16.0. The lowest BCUT2D eigenvalue weighted by molar-refractivity contribution is -0.141. The van der Waals surface area contributed by atoms with E-state index < -0.39 is 12.7 Å². The number of fused-ring (bicyclic) bond motifs is 1. The minimum atomic E-state index is -4.43. The van der Waals surface area contributed by atoms with Gasteiger partial charge >= 0.3 is 6.18 Å². The minimum absolute atomic E-state index is 0.116. The fourth-order valence-electron chi connectivity index (χ4n) is 3.26. The van der Waals surface area contributed by atoms with Gasteiger partial charge in [0.1, 0.15) is 6.54 Å². The molecule has 1 aliphatic heterocycles. The molecule has 2 aromatic heterocycles. The van der Waals surface area contributed by atoms with E-state index >= 15 is 0 Å². The maximum absolute atomic E-state index is 13.0. The van der Waals surface area contributed by atoms with Gasteiger partial charge in [-0.15, -0.1) is 0 Å². The van der Waals surface area contributed by atoms with Crippen molar-refractivity contribution < 1.29 is 22.7 Å². The average molecular weight is 417 g/mol. The molecule has 1 amide bonds. The number of hydrogen-bond acceptors (Lipinski definition) is 5. The highest BCUT2D eigenvalue weighted by atomic mass is 19.4. The average Bonchev–Trinajstić information content (AvgIpc) is 3.09. The van der Waals surface area contributed by atoms with E-state index in [0.717, 1.165) is 10.3 Å². The number of carbonyl (C=O) groups excluding carboxylic acids is 1. The smallest absolute Gasteiger partial charge is 0.377 e. The molecule has 0 bridgehead atoms. The van der Waals surface area contributed by atoms with Gasteiger partial charge in [-0.05, 0) is 36.3 Å². The molecule has 30 heavy (non-hydrogen) atoms. The van der Waals surface area contributed by atoms with Gasteiger partial charge in [-0.25, -0.2) is 14.6 Å². The molecule has 156 valence electrons. The van der Waals surface area contributed by atoms with Gasteiger partial charge in [0.15, 0.2) is 11.5 Å². The Morgan fingerprint density at radius 1 is 1.23 bits per heavy atom. The molecule has 3 aromatic rings. The largest absolute Gasteiger partial charge is 0.408 e. The molecular weight excluding hydrogens is 399 g/mol. The third kappa shape index (κ3) is 4.33. The van der Waals surface area contributed by atoms with Crippen LogP contribution in [0.3, 0.4) is 0 Å². The van der Waals surface area contributed by atoms with Crippen molar-refractivity contribution in [1.82, 2.24) is 19.7 Å². The van der Waals surface area contributed by atoms with Crippen LogP contribution in [0.5, 0.6) is 0 Å². The number of halogens is 3. The predicted octanol–water partition coefficient (Wildman–Crippen LogP) is 3.82. The Kier molecular flexibility index (Phi) is 5.25. The Morgan fingerprint density at radius 3 is 2.63 bits per heavy atom. The van der Waals surface area contributed by atoms with Crippen molar-refractivity contribution in [3.8, 4) is 11.4 Å². The van der Waals surface area contributed by atoms with Crippen LogP contribution in [-0.4, -0.2) is 45.0 Å². The van der Waals surface area contributed by atoms with Gasteiger partial charge in [0.2, 0.25) is 5.91 Å². The van der Waals surface area contributed by atoms with Crippen molar-refractivity contribution in [2.75, 3.05) is 18.5 Å². The molecule has 1 N–H and O–H groups in total. The molecule has 1 aromatic carbocycles. The summed E-state index contributed by atoms with van der Waals surface area (Å²) >= 11 is 0. The van der Waals surface area contributed by atoms with Crippen LogP contribution in [0.4, 0.5) is 18.9 Å². The lowest BCUT2D eigenvalue weighted by atomic mass is 10.0. The van der Waals surface area contributed by atoms with Crippen molar-refractivity contribution in [1.29, 1.82) is 0 Å². The number of ether oxygens (including phenoxy) is 1. The quantitative estimate of drug-likeness (QED) is 0.698. The molecule has 4 rings (SSSR count). The first-order valence-electron chi connectivity index (χ1n) is 9.25. The highest BCUT2D eigenvalue weighted by Crippen LogP contribution is 2.30. The maximum atomic E-state index is 13.0. The SMILES string of the molecule is CC(=O)Nc1ccc(-c2nc(C3=CCOCC3)c3cnn(CC(F)(F)F)c3n2)cc1. The number of aromatic nitrogens is 4. The third-order valence-corrected chi connectivity index (χ3v) is 4.56. The Bertz CT molecular complexity index is 1120. The number of hydrogen-bond donors (Lipinski definition) is 1. The third-order valence-electron chi connectivity index (χ3n) is 4.56. The maximum Gasteiger partial charge on any atom is 0.408 e. The molecule has 0 aliphatic carbocycles. The number of nitrogens with one attached hydrogen (secondary N) is 1. The summed E-state index contributed by atoms with van der Waals surface area (Å²) in [6.45, 7) is 1.09. The van der Waals surface area contributed by atoms with Crippen molar-refractivity contribution in [2.24, 2.45) is 0 Å². The van der Waals surface area contributed by atoms with Gasteiger partial charge in [-0.2, -0.15) is 18.3 Å². The van der Waals surface area contributed by atoms with Crippen LogP contribution in [0, 0.1) is 0 Å². The fourth-order valence-corrected chi connectivity index (χ4v) is 3.26. The fraction of sp³-hybridized carbons (Fsp3) is 0.300. The number of amides is 1. The van der Waals surface area contributed by atoms with E-state index in [1.54, 1.807) is 24.3 Å². The zero-order chi connectivity index (χ0) is 21.3. The summed E-state index contributed by atoms with van der Waals surface area (Å²) in [5.41, 5.74) is 2.76. The second-order valence-electron chi connectivity index (χ2n) is 6.86. The molecular formula is C20H18F3N5O2. The van der Waals surface area contributed by atoms with Crippen LogP contribution in [0.15, 0.2) is 36.5 Å². The molecule has 0 radical (unpaired) electrons. The Labute approximate surface area is 169 Å². The van der Waals surface area contributed by atoms with E-state index in [1.807, 2.05) is 6.08 Å². The second-order valence-corrected chi connectivity index (χ2v) is 6.86. The molecule has 0 spiro atoms. The van der Waals surface area contributed by atoms with Crippen LogP contribution in [0.2, 0.25) is 0 Å². The summed E-state index contributed by atoms with van der Waals surface area (Å²) < 4.78 is 45.2. The second kappa shape index (κ2) is 7.86. The topological polar surface area (TPSA) is 81.9 Å². The van der Waals surface area contributed by atoms with Crippen molar-refractivity contribution >= 4 is 28.2 Å². The number of benzene rings is 1. The van der Waals surface area contributed by atoms with Crippen LogP contribution < -0.4 is 5.32 Å².